The van der Waals surface area contributed by atoms with Crippen LogP contribution in [0.25, 0.3) is 0 Å². The van der Waals surface area contributed by atoms with Crippen LogP contribution < -0.4 is 4.74 Å². The lowest BCUT2D eigenvalue weighted by Gasteiger charge is -2.19. The number of carbonyl (C=O) groups is 1. The van der Waals surface area contributed by atoms with Crippen molar-refractivity contribution < 1.29 is 9.53 Å². The number of nitrogens with zero attached hydrogens (tertiary/aromatic N) is 1. The molecule has 2 rings (SSSR count). The van der Waals surface area contributed by atoms with Gasteiger partial charge in [-0.15, -0.1) is 0 Å². The molecule has 1 aliphatic heterocycles. The number of benzene rings is 1. The van der Waals surface area contributed by atoms with Crippen molar-refractivity contribution in [1.82, 2.24) is 4.90 Å². The van der Waals surface area contributed by atoms with Crippen LogP contribution in [0.5, 0.6) is 5.75 Å². The van der Waals surface area contributed by atoms with Crippen LogP contribution in [0.1, 0.15) is 26.2 Å². The van der Waals surface area contributed by atoms with Crippen molar-refractivity contribution in [2.45, 2.75) is 26.2 Å². The first-order chi connectivity index (χ1) is 9.29. The molecule has 0 unspecified atom stereocenters. The van der Waals surface area contributed by atoms with Crippen molar-refractivity contribution in [3.63, 3.8) is 0 Å². The van der Waals surface area contributed by atoms with Gasteiger partial charge in [-0.3, -0.25) is 4.90 Å². The summed E-state index contributed by atoms with van der Waals surface area (Å²) in [5, 5.41) is 0. The van der Waals surface area contributed by atoms with E-state index < -0.39 is 0 Å². The van der Waals surface area contributed by atoms with Crippen LogP contribution in [0.3, 0.4) is 0 Å². The molecule has 1 amide bonds. The summed E-state index contributed by atoms with van der Waals surface area (Å²) < 4.78 is 5.25. The largest absolute Gasteiger partial charge is 0.423 e. The van der Waals surface area contributed by atoms with Crippen molar-refractivity contribution in [2.24, 2.45) is 5.92 Å². The number of hydrogen-bond donors (Lipinski definition) is 0. The lowest BCUT2D eigenvalue weighted by Crippen LogP contribution is -2.25. The number of para-hydroxylation sites is 1. The lowest BCUT2D eigenvalue weighted by molar-refractivity contribution is 0.181. The van der Waals surface area contributed by atoms with Gasteiger partial charge in [-0.2, -0.15) is 0 Å². The first-order valence-electron chi connectivity index (χ1n) is 6.71. The van der Waals surface area contributed by atoms with Gasteiger partial charge in [0.1, 0.15) is 5.75 Å². The zero-order valence-electron chi connectivity index (χ0n) is 11.2. The fourth-order valence-corrected chi connectivity index (χ4v) is 1.92. The highest BCUT2D eigenvalue weighted by atomic mass is 16.6. The number of unbranched alkanes of at least 4 members (excludes halogenated alkanes) is 1. The predicted octanol–water partition coefficient (Wildman–Crippen LogP) is 4.33. The van der Waals surface area contributed by atoms with E-state index in [1.807, 2.05) is 30.4 Å². The maximum absolute atomic E-state index is 11.9. The number of ether oxygens (including phenoxy) is 1. The number of rotatable bonds is 4. The average Bonchev–Trinajstić information content (AvgIpc) is 2.46. The lowest BCUT2D eigenvalue weighted by atomic mass is 10.0. The standard InChI is InChI=1S/C16H19NO2/c1-2-3-7-14-10-12-17(13-11-14)16(18)19-15-8-5-4-6-9-15/h4-6,8-14H,2-3,7H2,1H3. The summed E-state index contributed by atoms with van der Waals surface area (Å²) >= 11 is 0. The van der Waals surface area contributed by atoms with Crippen LogP contribution in [-0.4, -0.2) is 11.0 Å². The summed E-state index contributed by atoms with van der Waals surface area (Å²) in [6, 6.07) is 9.09. The van der Waals surface area contributed by atoms with E-state index in [4.69, 9.17) is 4.74 Å². The molecule has 3 heteroatoms. The summed E-state index contributed by atoms with van der Waals surface area (Å²) in [4.78, 5) is 13.4. The third-order valence-corrected chi connectivity index (χ3v) is 3.04. The molecular formula is C16H19NO2. The van der Waals surface area contributed by atoms with E-state index in [0.29, 0.717) is 11.7 Å². The highest BCUT2D eigenvalue weighted by Crippen LogP contribution is 2.18. The Morgan fingerprint density at radius 1 is 1.21 bits per heavy atom. The van der Waals surface area contributed by atoms with Gasteiger partial charge < -0.3 is 4.74 Å². The molecule has 1 heterocycles. The van der Waals surface area contributed by atoms with E-state index in [1.54, 1.807) is 24.5 Å². The smallest absolute Gasteiger partial charge is 0.410 e. The third kappa shape index (κ3) is 3.98. The van der Waals surface area contributed by atoms with Gasteiger partial charge in [0.25, 0.3) is 0 Å². The predicted molar refractivity (Wildman–Crippen MR) is 75.6 cm³/mol. The average molecular weight is 257 g/mol. The first-order valence-corrected chi connectivity index (χ1v) is 6.71. The Labute approximate surface area is 114 Å². The van der Waals surface area contributed by atoms with E-state index in [2.05, 4.69) is 6.92 Å². The van der Waals surface area contributed by atoms with E-state index in [1.165, 1.54) is 17.7 Å². The molecule has 1 aliphatic rings. The molecule has 0 aliphatic carbocycles. The molecule has 0 radical (unpaired) electrons. The van der Waals surface area contributed by atoms with Crippen LogP contribution >= 0.6 is 0 Å². The summed E-state index contributed by atoms with van der Waals surface area (Å²) in [6.45, 7) is 2.18. The number of hydrogen-bond acceptors (Lipinski definition) is 2. The maximum Gasteiger partial charge on any atom is 0.423 e. The third-order valence-electron chi connectivity index (χ3n) is 3.04. The molecular weight excluding hydrogens is 238 g/mol. The Balaban J connectivity index is 1.87. The van der Waals surface area contributed by atoms with Crippen molar-refractivity contribution in [2.75, 3.05) is 0 Å². The number of allylic oxidation sites excluding steroid dienone is 2. The first kappa shape index (κ1) is 13.4. The van der Waals surface area contributed by atoms with Gasteiger partial charge in [0, 0.05) is 12.4 Å². The van der Waals surface area contributed by atoms with Crippen LogP contribution in [0.15, 0.2) is 54.9 Å². The van der Waals surface area contributed by atoms with Gasteiger partial charge in [-0.05, 0) is 24.5 Å². The van der Waals surface area contributed by atoms with E-state index >= 15 is 0 Å². The van der Waals surface area contributed by atoms with Crippen LogP contribution in [0.4, 0.5) is 4.79 Å². The minimum atomic E-state index is -0.382. The van der Waals surface area contributed by atoms with Crippen LogP contribution in [0.2, 0.25) is 0 Å². The number of carbonyl (C=O) groups excluding carboxylic acids is 1. The highest BCUT2D eigenvalue weighted by molar-refractivity contribution is 5.73. The van der Waals surface area contributed by atoms with Gasteiger partial charge in [0.2, 0.25) is 0 Å². The fourth-order valence-electron chi connectivity index (χ4n) is 1.92. The van der Waals surface area contributed by atoms with Crippen molar-refractivity contribution in [3.8, 4) is 5.75 Å². The zero-order valence-corrected chi connectivity index (χ0v) is 11.2. The Morgan fingerprint density at radius 3 is 2.53 bits per heavy atom. The second-order valence-corrected chi connectivity index (χ2v) is 4.58. The van der Waals surface area contributed by atoms with Gasteiger partial charge in [-0.1, -0.05) is 50.1 Å². The summed E-state index contributed by atoms with van der Waals surface area (Å²) in [7, 11) is 0. The molecule has 0 N–H and O–H groups in total. The van der Waals surface area contributed by atoms with E-state index in [9.17, 15) is 4.79 Å². The minimum absolute atomic E-state index is 0.382. The summed E-state index contributed by atoms with van der Waals surface area (Å²) in [5.74, 6) is 0.989. The molecule has 0 saturated carbocycles. The molecule has 1 aromatic carbocycles. The molecule has 0 aromatic heterocycles. The Morgan fingerprint density at radius 2 is 1.89 bits per heavy atom. The minimum Gasteiger partial charge on any atom is -0.410 e. The maximum atomic E-state index is 11.9. The number of amides is 1. The highest BCUT2D eigenvalue weighted by Gasteiger charge is 2.14. The second-order valence-electron chi connectivity index (χ2n) is 4.58. The molecule has 3 nitrogen and oxygen atoms in total. The topological polar surface area (TPSA) is 29.5 Å². The Bertz CT molecular complexity index is 451. The van der Waals surface area contributed by atoms with E-state index in [-0.39, 0.29) is 6.09 Å². The molecule has 0 spiro atoms. The molecule has 0 fully saturated rings. The van der Waals surface area contributed by atoms with Crippen LogP contribution in [-0.2, 0) is 0 Å². The molecule has 1 aromatic rings. The van der Waals surface area contributed by atoms with Gasteiger partial charge >= 0.3 is 6.09 Å². The molecule has 0 bridgehead atoms. The SMILES string of the molecule is CCCCC1C=CN(C(=O)Oc2ccccc2)C=C1. The monoisotopic (exact) mass is 257 g/mol. The normalized spacial score (nSPS) is 14.7. The quantitative estimate of drug-likeness (QED) is 0.803. The van der Waals surface area contributed by atoms with Crippen molar-refractivity contribution in [1.29, 1.82) is 0 Å². The Hall–Kier alpha value is -2.03. The van der Waals surface area contributed by atoms with Crippen LogP contribution in [0, 0.1) is 5.92 Å². The Kier molecular flexibility index (Phi) is 4.78. The fraction of sp³-hybridized carbons (Fsp3) is 0.312. The molecule has 19 heavy (non-hydrogen) atoms. The van der Waals surface area contributed by atoms with Crippen molar-refractivity contribution >= 4 is 6.09 Å². The van der Waals surface area contributed by atoms with Gasteiger partial charge in [0.05, 0.1) is 0 Å². The summed E-state index contributed by atoms with van der Waals surface area (Å²) in [6.07, 6.45) is 10.8. The molecule has 0 saturated heterocycles. The van der Waals surface area contributed by atoms with Gasteiger partial charge in [-0.25, -0.2) is 4.79 Å². The second kappa shape index (κ2) is 6.78. The van der Waals surface area contributed by atoms with Crippen molar-refractivity contribution in [3.05, 3.63) is 54.9 Å². The molecule has 100 valence electrons. The molecule has 0 atom stereocenters. The van der Waals surface area contributed by atoms with Gasteiger partial charge in [0.15, 0.2) is 0 Å². The zero-order chi connectivity index (χ0) is 13.5. The summed E-state index contributed by atoms with van der Waals surface area (Å²) in [5.41, 5.74) is 0. The van der Waals surface area contributed by atoms with E-state index in [0.717, 1.165) is 6.42 Å².